The first-order valence-corrected chi connectivity index (χ1v) is 11.6. The number of amides is 2. The lowest BCUT2D eigenvalue weighted by molar-refractivity contribution is 0.0905. The summed E-state index contributed by atoms with van der Waals surface area (Å²) in [5.41, 5.74) is 9.01. The van der Waals surface area contributed by atoms with Crippen LogP contribution in [0.1, 0.15) is 45.5 Å². The summed E-state index contributed by atoms with van der Waals surface area (Å²) < 4.78 is 6.58. The Labute approximate surface area is 201 Å². The fraction of sp³-hybridized carbons (Fsp3) is 0.250. The van der Waals surface area contributed by atoms with Crippen molar-refractivity contribution in [3.63, 3.8) is 0 Å². The maximum Gasteiger partial charge on any atom is 0.261 e. The van der Waals surface area contributed by atoms with E-state index in [0.29, 0.717) is 28.3 Å². The van der Waals surface area contributed by atoms with Gasteiger partial charge in [0.25, 0.3) is 11.8 Å². The number of nitrogens with one attached hydrogen (secondary N) is 2. The highest BCUT2D eigenvalue weighted by Gasteiger charge is 2.19. The number of fused-ring (bicyclic) bond motifs is 1. The fourth-order valence-electron chi connectivity index (χ4n) is 3.62. The van der Waals surface area contributed by atoms with Gasteiger partial charge in [-0.15, -0.1) is 16.4 Å². The topological polar surface area (TPSA) is 124 Å². The second-order valence-electron chi connectivity index (χ2n) is 8.02. The summed E-state index contributed by atoms with van der Waals surface area (Å²) in [6, 6.07) is 13.0. The first-order chi connectivity index (χ1) is 16.4. The van der Waals surface area contributed by atoms with Gasteiger partial charge >= 0.3 is 0 Å². The molecule has 0 radical (unpaired) electrons. The first-order valence-electron chi connectivity index (χ1n) is 10.8. The van der Waals surface area contributed by atoms with E-state index in [9.17, 15) is 9.59 Å². The van der Waals surface area contributed by atoms with Crippen LogP contribution in [-0.4, -0.2) is 46.2 Å². The Hall–Kier alpha value is -3.76. The van der Waals surface area contributed by atoms with Gasteiger partial charge in [0.2, 0.25) is 5.95 Å². The van der Waals surface area contributed by atoms with Crippen molar-refractivity contribution in [2.45, 2.75) is 25.9 Å². The average molecular weight is 479 g/mol. The number of carbonyl (C=O) groups is 2. The van der Waals surface area contributed by atoms with Gasteiger partial charge in [0.1, 0.15) is 0 Å². The summed E-state index contributed by atoms with van der Waals surface area (Å²) in [5, 5.41) is 12.0. The zero-order valence-corrected chi connectivity index (χ0v) is 19.9. The number of hydrogen-bond donors (Lipinski definition) is 3. The number of ether oxygens (including phenoxy) is 1. The lowest BCUT2D eigenvalue weighted by Gasteiger charge is -2.14. The normalized spacial score (nSPS) is 12.9. The van der Waals surface area contributed by atoms with Crippen LogP contribution in [0.2, 0.25) is 0 Å². The van der Waals surface area contributed by atoms with Crippen molar-refractivity contribution < 1.29 is 14.3 Å². The van der Waals surface area contributed by atoms with Crippen molar-refractivity contribution in [3.05, 3.63) is 70.0 Å². The maximum absolute atomic E-state index is 13.0. The summed E-state index contributed by atoms with van der Waals surface area (Å²) in [4.78, 5) is 30.5. The molecule has 0 spiro atoms. The van der Waals surface area contributed by atoms with Gasteiger partial charge in [-0.2, -0.15) is 4.98 Å². The van der Waals surface area contributed by atoms with Crippen molar-refractivity contribution in [2.75, 3.05) is 19.5 Å². The summed E-state index contributed by atoms with van der Waals surface area (Å²) >= 11 is 1.33. The minimum absolute atomic E-state index is 0.0661. The van der Waals surface area contributed by atoms with Crippen LogP contribution in [0.25, 0.3) is 16.8 Å². The van der Waals surface area contributed by atoms with Crippen molar-refractivity contribution in [1.29, 1.82) is 0 Å². The van der Waals surface area contributed by atoms with Crippen LogP contribution >= 0.6 is 11.3 Å². The number of carbonyl (C=O) groups excluding carboxylic acids is 2. The first kappa shape index (κ1) is 23.4. The van der Waals surface area contributed by atoms with Gasteiger partial charge in [-0.1, -0.05) is 30.3 Å². The Morgan fingerprint density at radius 3 is 2.62 bits per heavy atom. The molecule has 9 nitrogen and oxygen atoms in total. The summed E-state index contributed by atoms with van der Waals surface area (Å²) in [7, 11) is 1.58. The molecule has 10 heteroatoms. The molecule has 0 saturated heterocycles. The third-order valence-corrected chi connectivity index (χ3v) is 6.22. The predicted molar refractivity (Wildman–Crippen MR) is 132 cm³/mol. The average Bonchev–Trinajstić information content (AvgIpc) is 3.45. The lowest BCUT2D eigenvalue weighted by Crippen LogP contribution is -2.35. The number of hydrogen-bond acceptors (Lipinski definition) is 7. The van der Waals surface area contributed by atoms with Crippen LogP contribution in [0.5, 0.6) is 0 Å². The molecule has 0 bridgehead atoms. The third kappa shape index (κ3) is 5.08. The molecule has 0 saturated carbocycles. The second-order valence-corrected chi connectivity index (χ2v) is 8.93. The number of thiophene rings is 1. The molecule has 4 aromatic rings. The molecule has 4 rings (SSSR count). The smallest absolute Gasteiger partial charge is 0.261 e. The van der Waals surface area contributed by atoms with E-state index in [4.69, 9.17) is 10.5 Å². The molecular weight excluding hydrogens is 452 g/mol. The maximum atomic E-state index is 13.0. The Kier molecular flexibility index (Phi) is 6.90. The highest BCUT2D eigenvalue weighted by atomic mass is 32.1. The van der Waals surface area contributed by atoms with Crippen molar-refractivity contribution in [1.82, 2.24) is 25.2 Å². The summed E-state index contributed by atoms with van der Waals surface area (Å²) in [6.07, 6.45) is 1.74. The molecule has 2 amide bonds. The Balaban J connectivity index is 1.60. The quantitative estimate of drug-likeness (QED) is 0.357. The SMILES string of the molecule is COC[C@H](C)NC(=O)c1cc(-c2csc(C(=O)N[C@@H](C)c3ccccc3)c2)cn2nc(N)nc12. The molecule has 3 heterocycles. The minimum atomic E-state index is -0.311. The standard InChI is InChI=1S/C24H26N6O3S/c1-14(12-33-3)26-22(31)19-9-17(11-30-21(19)28-24(25)29-30)18-10-20(34-13-18)23(32)27-15(2)16-7-5-4-6-8-16/h4-11,13-15H,12H2,1-3H3,(H2,25,29)(H,26,31)(H,27,32)/t14-,15-/m0/s1. The zero-order valence-electron chi connectivity index (χ0n) is 19.1. The minimum Gasteiger partial charge on any atom is -0.383 e. The van der Waals surface area contributed by atoms with E-state index in [2.05, 4.69) is 20.7 Å². The molecule has 34 heavy (non-hydrogen) atoms. The van der Waals surface area contributed by atoms with E-state index < -0.39 is 0 Å². The van der Waals surface area contributed by atoms with E-state index >= 15 is 0 Å². The van der Waals surface area contributed by atoms with E-state index in [0.717, 1.165) is 11.1 Å². The Bertz CT molecular complexity index is 1320. The molecule has 4 N–H and O–H groups in total. The number of aromatic nitrogens is 3. The molecule has 0 aliphatic heterocycles. The molecule has 0 unspecified atom stereocenters. The number of pyridine rings is 1. The van der Waals surface area contributed by atoms with Crippen LogP contribution in [-0.2, 0) is 4.74 Å². The van der Waals surface area contributed by atoms with Gasteiger partial charge in [0.15, 0.2) is 5.65 Å². The number of anilines is 1. The highest BCUT2D eigenvalue weighted by molar-refractivity contribution is 7.12. The number of nitrogens with zero attached hydrogens (tertiary/aromatic N) is 3. The van der Waals surface area contributed by atoms with Crippen molar-refractivity contribution in [3.8, 4) is 11.1 Å². The van der Waals surface area contributed by atoms with Gasteiger partial charge in [-0.25, -0.2) is 4.52 Å². The molecular formula is C24H26N6O3S. The van der Waals surface area contributed by atoms with Crippen LogP contribution < -0.4 is 16.4 Å². The van der Waals surface area contributed by atoms with Gasteiger partial charge in [-0.3, -0.25) is 9.59 Å². The fourth-order valence-corrected chi connectivity index (χ4v) is 4.44. The monoisotopic (exact) mass is 478 g/mol. The van der Waals surface area contributed by atoms with E-state index in [-0.39, 0.29) is 29.8 Å². The molecule has 2 atom stereocenters. The van der Waals surface area contributed by atoms with Crippen molar-refractivity contribution in [2.24, 2.45) is 0 Å². The van der Waals surface area contributed by atoms with Crippen LogP contribution in [0.4, 0.5) is 5.95 Å². The van der Waals surface area contributed by atoms with Gasteiger partial charge in [0, 0.05) is 24.9 Å². The van der Waals surface area contributed by atoms with E-state index in [1.165, 1.54) is 15.9 Å². The lowest BCUT2D eigenvalue weighted by atomic mass is 10.1. The summed E-state index contributed by atoms with van der Waals surface area (Å²) in [5.74, 6) is -0.407. The van der Waals surface area contributed by atoms with E-state index in [1.807, 2.05) is 49.6 Å². The molecule has 0 aliphatic carbocycles. The van der Waals surface area contributed by atoms with E-state index in [1.54, 1.807) is 25.4 Å². The molecule has 0 fully saturated rings. The van der Waals surface area contributed by atoms with Crippen LogP contribution in [0, 0.1) is 0 Å². The number of methoxy groups -OCH3 is 1. The molecule has 3 aromatic heterocycles. The Morgan fingerprint density at radius 1 is 1.12 bits per heavy atom. The summed E-state index contributed by atoms with van der Waals surface area (Å²) in [6.45, 7) is 4.17. The molecule has 0 aliphatic rings. The molecule has 176 valence electrons. The number of nitrogen functional groups attached to an aromatic ring is 1. The van der Waals surface area contributed by atoms with Gasteiger partial charge in [0.05, 0.1) is 23.1 Å². The van der Waals surface area contributed by atoms with Crippen molar-refractivity contribution >= 4 is 34.7 Å². The largest absolute Gasteiger partial charge is 0.383 e. The Morgan fingerprint density at radius 2 is 1.88 bits per heavy atom. The van der Waals surface area contributed by atoms with Gasteiger partial charge < -0.3 is 21.1 Å². The highest BCUT2D eigenvalue weighted by Crippen LogP contribution is 2.28. The third-order valence-electron chi connectivity index (χ3n) is 5.29. The molecule has 1 aromatic carbocycles. The number of rotatable bonds is 8. The predicted octanol–water partition coefficient (Wildman–Crippen LogP) is 3.30. The second kappa shape index (κ2) is 10.0. The number of nitrogens with two attached hydrogens (primary N) is 1. The van der Waals surface area contributed by atoms with Gasteiger partial charge in [-0.05, 0) is 42.5 Å². The van der Waals surface area contributed by atoms with Crippen LogP contribution in [0.3, 0.4) is 0 Å². The zero-order chi connectivity index (χ0) is 24.2. The number of benzene rings is 1. The van der Waals surface area contributed by atoms with Crippen LogP contribution in [0.15, 0.2) is 54.0 Å².